The van der Waals surface area contributed by atoms with E-state index in [9.17, 15) is 9.59 Å². The van der Waals surface area contributed by atoms with E-state index in [2.05, 4.69) is 12.2 Å². The van der Waals surface area contributed by atoms with Crippen LogP contribution < -0.4 is 5.32 Å². The molecule has 4 nitrogen and oxygen atoms in total. The Labute approximate surface area is 90.0 Å². The lowest BCUT2D eigenvalue weighted by molar-refractivity contribution is -0.153. The second-order valence-corrected chi connectivity index (χ2v) is 4.92. The van der Waals surface area contributed by atoms with Gasteiger partial charge in [0.2, 0.25) is 5.91 Å². The van der Waals surface area contributed by atoms with Gasteiger partial charge in [0.1, 0.15) is 5.41 Å². The van der Waals surface area contributed by atoms with Gasteiger partial charge in [0.25, 0.3) is 0 Å². The molecule has 0 radical (unpaired) electrons. The fourth-order valence-electron chi connectivity index (χ4n) is 1.81. The van der Waals surface area contributed by atoms with Gasteiger partial charge in [0.05, 0.1) is 0 Å². The SMILES string of the molecule is CC1CCCC1NC(=O)C(C)(C)C(=O)O. The van der Waals surface area contributed by atoms with E-state index in [1.165, 1.54) is 13.8 Å². The van der Waals surface area contributed by atoms with Crippen molar-refractivity contribution in [2.75, 3.05) is 0 Å². The number of carbonyl (C=O) groups excluding carboxylic acids is 1. The first-order valence-corrected chi connectivity index (χ1v) is 5.40. The van der Waals surface area contributed by atoms with Crippen LogP contribution in [0.15, 0.2) is 0 Å². The molecule has 1 aliphatic rings. The number of carboxylic acid groups (broad SMARTS) is 1. The van der Waals surface area contributed by atoms with Gasteiger partial charge >= 0.3 is 5.97 Å². The van der Waals surface area contributed by atoms with E-state index in [1.54, 1.807) is 0 Å². The minimum Gasteiger partial charge on any atom is -0.480 e. The maximum Gasteiger partial charge on any atom is 0.318 e. The average Bonchev–Trinajstić information content (AvgIpc) is 2.51. The van der Waals surface area contributed by atoms with Crippen molar-refractivity contribution in [1.29, 1.82) is 0 Å². The zero-order chi connectivity index (χ0) is 11.6. The Balaban J connectivity index is 2.59. The van der Waals surface area contributed by atoms with Gasteiger partial charge in [0, 0.05) is 6.04 Å². The number of nitrogens with one attached hydrogen (secondary N) is 1. The number of amides is 1. The minimum atomic E-state index is -1.33. The van der Waals surface area contributed by atoms with Gasteiger partial charge in [0.15, 0.2) is 0 Å². The summed E-state index contributed by atoms with van der Waals surface area (Å²) in [7, 11) is 0. The molecule has 1 fully saturated rings. The third-order valence-electron chi connectivity index (χ3n) is 3.28. The molecule has 0 aromatic rings. The topological polar surface area (TPSA) is 66.4 Å². The highest BCUT2D eigenvalue weighted by Gasteiger charge is 2.38. The molecule has 0 saturated heterocycles. The molecular formula is C11H19NO3. The molecule has 86 valence electrons. The first kappa shape index (κ1) is 12.0. The summed E-state index contributed by atoms with van der Waals surface area (Å²) in [6.07, 6.45) is 3.18. The Kier molecular flexibility index (Phi) is 3.37. The second kappa shape index (κ2) is 4.21. The summed E-state index contributed by atoms with van der Waals surface area (Å²) in [6, 6.07) is 0.149. The second-order valence-electron chi connectivity index (χ2n) is 4.92. The summed E-state index contributed by atoms with van der Waals surface area (Å²) in [6.45, 7) is 4.96. The van der Waals surface area contributed by atoms with Crippen molar-refractivity contribution in [2.45, 2.75) is 46.1 Å². The largest absolute Gasteiger partial charge is 0.480 e. The fourth-order valence-corrected chi connectivity index (χ4v) is 1.81. The molecule has 1 aliphatic carbocycles. The standard InChI is InChI=1S/C11H19NO3/c1-7-5-4-6-8(7)12-9(13)11(2,3)10(14)15/h7-8H,4-6H2,1-3H3,(H,12,13)(H,14,15). The Morgan fingerprint density at radius 3 is 2.33 bits per heavy atom. The van der Waals surface area contributed by atoms with E-state index in [1.807, 2.05) is 0 Å². The molecule has 0 spiro atoms. The molecular weight excluding hydrogens is 194 g/mol. The summed E-state index contributed by atoms with van der Waals surface area (Å²) >= 11 is 0. The number of carbonyl (C=O) groups is 2. The Hall–Kier alpha value is -1.06. The lowest BCUT2D eigenvalue weighted by Gasteiger charge is -2.23. The molecule has 15 heavy (non-hydrogen) atoms. The maximum atomic E-state index is 11.7. The van der Waals surface area contributed by atoms with Crippen LogP contribution in [0.3, 0.4) is 0 Å². The number of carboxylic acids is 1. The predicted octanol–water partition coefficient (Wildman–Crippen LogP) is 1.40. The Morgan fingerprint density at radius 2 is 1.93 bits per heavy atom. The van der Waals surface area contributed by atoms with Crippen molar-refractivity contribution >= 4 is 11.9 Å². The van der Waals surface area contributed by atoms with Gasteiger partial charge < -0.3 is 10.4 Å². The highest BCUT2D eigenvalue weighted by Crippen LogP contribution is 2.26. The summed E-state index contributed by atoms with van der Waals surface area (Å²) in [5.74, 6) is -1.00. The Morgan fingerprint density at radius 1 is 1.33 bits per heavy atom. The van der Waals surface area contributed by atoms with E-state index in [4.69, 9.17) is 5.11 Å². The minimum absolute atomic E-state index is 0.149. The maximum absolute atomic E-state index is 11.7. The summed E-state index contributed by atoms with van der Waals surface area (Å²) in [5, 5.41) is 11.7. The molecule has 1 saturated carbocycles. The zero-order valence-electron chi connectivity index (χ0n) is 9.54. The van der Waals surface area contributed by atoms with E-state index < -0.39 is 11.4 Å². The van der Waals surface area contributed by atoms with Crippen molar-refractivity contribution in [3.8, 4) is 0 Å². The van der Waals surface area contributed by atoms with Crippen LogP contribution in [-0.4, -0.2) is 23.0 Å². The van der Waals surface area contributed by atoms with E-state index in [-0.39, 0.29) is 11.9 Å². The van der Waals surface area contributed by atoms with Crippen molar-refractivity contribution in [1.82, 2.24) is 5.32 Å². The van der Waals surface area contributed by atoms with Crippen LogP contribution in [0.5, 0.6) is 0 Å². The van der Waals surface area contributed by atoms with Crippen LogP contribution in [0.4, 0.5) is 0 Å². The highest BCUT2D eigenvalue weighted by molar-refractivity contribution is 6.01. The monoisotopic (exact) mass is 213 g/mol. The van der Waals surface area contributed by atoms with Crippen molar-refractivity contribution < 1.29 is 14.7 Å². The molecule has 0 heterocycles. The molecule has 0 aromatic heterocycles. The normalized spacial score (nSPS) is 26.3. The van der Waals surface area contributed by atoms with Crippen LogP contribution in [0.25, 0.3) is 0 Å². The number of rotatable bonds is 3. The molecule has 0 aliphatic heterocycles. The summed E-state index contributed by atoms with van der Waals surface area (Å²) < 4.78 is 0. The fraction of sp³-hybridized carbons (Fsp3) is 0.818. The number of hydrogen-bond acceptors (Lipinski definition) is 2. The Bertz CT molecular complexity index is 273. The lowest BCUT2D eigenvalue weighted by Crippen LogP contribution is -2.47. The quantitative estimate of drug-likeness (QED) is 0.696. The summed E-state index contributed by atoms with van der Waals surface area (Å²) in [5.41, 5.74) is -1.33. The van der Waals surface area contributed by atoms with E-state index in [0.717, 1.165) is 19.3 Å². The van der Waals surface area contributed by atoms with Crippen molar-refractivity contribution in [3.63, 3.8) is 0 Å². The summed E-state index contributed by atoms with van der Waals surface area (Å²) in [4.78, 5) is 22.6. The zero-order valence-corrected chi connectivity index (χ0v) is 9.54. The van der Waals surface area contributed by atoms with Gasteiger partial charge in [-0.2, -0.15) is 0 Å². The number of aliphatic carboxylic acids is 1. The third-order valence-corrected chi connectivity index (χ3v) is 3.28. The van der Waals surface area contributed by atoms with E-state index >= 15 is 0 Å². The molecule has 4 heteroatoms. The lowest BCUT2D eigenvalue weighted by atomic mass is 9.91. The molecule has 0 bridgehead atoms. The van der Waals surface area contributed by atoms with Crippen LogP contribution in [0, 0.1) is 11.3 Å². The van der Waals surface area contributed by atoms with Crippen molar-refractivity contribution in [3.05, 3.63) is 0 Å². The predicted molar refractivity (Wildman–Crippen MR) is 56.4 cm³/mol. The van der Waals surface area contributed by atoms with Crippen LogP contribution >= 0.6 is 0 Å². The molecule has 1 amide bonds. The van der Waals surface area contributed by atoms with Gasteiger partial charge in [-0.25, -0.2) is 0 Å². The third kappa shape index (κ3) is 2.49. The van der Waals surface area contributed by atoms with Crippen LogP contribution in [0.1, 0.15) is 40.0 Å². The van der Waals surface area contributed by atoms with Crippen LogP contribution in [0.2, 0.25) is 0 Å². The molecule has 2 unspecified atom stereocenters. The van der Waals surface area contributed by atoms with Gasteiger partial charge in [-0.1, -0.05) is 13.3 Å². The molecule has 2 N–H and O–H groups in total. The van der Waals surface area contributed by atoms with E-state index in [0.29, 0.717) is 5.92 Å². The number of hydrogen-bond donors (Lipinski definition) is 2. The smallest absolute Gasteiger partial charge is 0.318 e. The van der Waals surface area contributed by atoms with Gasteiger partial charge in [-0.3, -0.25) is 9.59 Å². The van der Waals surface area contributed by atoms with Crippen LogP contribution in [-0.2, 0) is 9.59 Å². The van der Waals surface area contributed by atoms with Gasteiger partial charge in [-0.05, 0) is 32.6 Å². The molecule has 2 atom stereocenters. The average molecular weight is 213 g/mol. The first-order chi connectivity index (χ1) is 6.85. The van der Waals surface area contributed by atoms with Crippen molar-refractivity contribution in [2.24, 2.45) is 11.3 Å². The highest BCUT2D eigenvalue weighted by atomic mass is 16.4. The first-order valence-electron chi connectivity index (χ1n) is 5.40. The molecule has 1 rings (SSSR count). The van der Waals surface area contributed by atoms with Gasteiger partial charge in [-0.15, -0.1) is 0 Å². The molecule has 0 aromatic carbocycles.